The molecular weight excluding hydrogens is 186 g/mol. The standard InChI is InChI=1S/C12H21N3/c1-10(2)7-15-8-11(6-14-15)12(9-13)4-3-5-12/h6,8,10H,3-5,7,9,13H2,1-2H3. The van der Waals surface area contributed by atoms with E-state index in [2.05, 4.69) is 29.8 Å². The Kier molecular flexibility index (Phi) is 2.83. The average Bonchev–Trinajstić information content (AvgIpc) is 2.51. The summed E-state index contributed by atoms with van der Waals surface area (Å²) in [5.74, 6) is 0.646. The monoisotopic (exact) mass is 207 g/mol. The molecule has 0 atom stereocenters. The SMILES string of the molecule is CC(C)Cn1cc(C2(CN)CCC2)cn1. The third-order valence-corrected chi connectivity index (χ3v) is 3.50. The Labute approximate surface area is 91.7 Å². The van der Waals surface area contributed by atoms with Crippen LogP contribution in [0.5, 0.6) is 0 Å². The zero-order valence-corrected chi connectivity index (χ0v) is 9.74. The summed E-state index contributed by atoms with van der Waals surface area (Å²) in [5, 5.41) is 4.41. The van der Waals surface area contributed by atoms with Gasteiger partial charge in [0.15, 0.2) is 0 Å². The van der Waals surface area contributed by atoms with Crippen LogP contribution in [0.4, 0.5) is 0 Å². The molecule has 0 unspecified atom stereocenters. The first kappa shape index (κ1) is 10.7. The molecule has 2 N–H and O–H groups in total. The van der Waals surface area contributed by atoms with Crippen molar-refractivity contribution in [2.45, 2.75) is 45.1 Å². The van der Waals surface area contributed by atoms with Gasteiger partial charge in [0.25, 0.3) is 0 Å². The van der Waals surface area contributed by atoms with E-state index in [0.717, 1.165) is 13.1 Å². The van der Waals surface area contributed by atoms with Crippen molar-refractivity contribution >= 4 is 0 Å². The van der Waals surface area contributed by atoms with Gasteiger partial charge in [-0.2, -0.15) is 5.10 Å². The lowest BCUT2D eigenvalue weighted by Gasteiger charge is -2.40. The van der Waals surface area contributed by atoms with Crippen molar-refractivity contribution in [3.05, 3.63) is 18.0 Å². The molecule has 0 saturated heterocycles. The Hall–Kier alpha value is -0.830. The van der Waals surface area contributed by atoms with E-state index >= 15 is 0 Å². The van der Waals surface area contributed by atoms with E-state index in [4.69, 9.17) is 5.73 Å². The molecular formula is C12H21N3. The highest BCUT2D eigenvalue weighted by Crippen LogP contribution is 2.42. The zero-order chi connectivity index (χ0) is 10.9. The molecule has 0 bridgehead atoms. The van der Waals surface area contributed by atoms with Crippen LogP contribution in [0.1, 0.15) is 38.7 Å². The van der Waals surface area contributed by atoms with Crippen molar-refractivity contribution in [2.24, 2.45) is 11.7 Å². The first-order valence-corrected chi connectivity index (χ1v) is 5.89. The van der Waals surface area contributed by atoms with E-state index in [-0.39, 0.29) is 5.41 Å². The van der Waals surface area contributed by atoms with Crippen LogP contribution in [0, 0.1) is 5.92 Å². The third kappa shape index (κ3) is 1.93. The van der Waals surface area contributed by atoms with Gasteiger partial charge in [0.1, 0.15) is 0 Å². The number of aromatic nitrogens is 2. The summed E-state index contributed by atoms with van der Waals surface area (Å²) in [6, 6.07) is 0. The van der Waals surface area contributed by atoms with Crippen molar-refractivity contribution in [2.75, 3.05) is 6.54 Å². The Balaban J connectivity index is 2.12. The summed E-state index contributed by atoms with van der Waals surface area (Å²) >= 11 is 0. The van der Waals surface area contributed by atoms with Crippen LogP contribution in [0.25, 0.3) is 0 Å². The number of nitrogens with two attached hydrogens (primary N) is 1. The van der Waals surface area contributed by atoms with Gasteiger partial charge in [-0.05, 0) is 24.3 Å². The minimum atomic E-state index is 0.259. The summed E-state index contributed by atoms with van der Waals surface area (Å²) < 4.78 is 2.05. The molecule has 0 amide bonds. The van der Waals surface area contributed by atoms with Gasteiger partial charge in [-0.15, -0.1) is 0 Å². The van der Waals surface area contributed by atoms with Gasteiger partial charge in [0.05, 0.1) is 6.20 Å². The lowest BCUT2D eigenvalue weighted by molar-refractivity contribution is 0.252. The molecule has 1 heterocycles. The first-order valence-electron chi connectivity index (χ1n) is 5.89. The molecule has 0 spiro atoms. The predicted molar refractivity (Wildman–Crippen MR) is 61.6 cm³/mol. The lowest BCUT2D eigenvalue weighted by Crippen LogP contribution is -2.41. The van der Waals surface area contributed by atoms with Crippen LogP contribution in [-0.4, -0.2) is 16.3 Å². The minimum absolute atomic E-state index is 0.259. The Morgan fingerprint density at radius 1 is 1.53 bits per heavy atom. The number of nitrogens with zero attached hydrogens (tertiary/aromatic N) is 2. The molecule has 3 nitrogen and oxygen atoms in total. The van der Waals surface area contributed by atoms with Crippen molar-refractivity contribution in [3.8, 4) is 0 Å². The largest absolute Gasteiger partial charge is 0.330 e. The van der Waals surface area contributed by atoms with Gasteiger partial charge in [0.2, 0.25) is 0 Å². The molecule has 2 rings (SSSR count). The van der Waals surface area contributed by atoms with Crippen LogP contribution in [0.2, 0.25) is 0 Å². The first-order chi connectivity index (χ1) is 7.16. The van der Waals surface area contributed by atoms with Gasteiger partial charge >= 0.3 is 0 Å². The Morgan fingerprint density at radius 3 is 2.73 bits per heavy atom. The maximum atomic E-state index is 5.87. The van der Waals surface area contributed by atoms with Crippen molar-refractivity contribution < 1.29 is 0 Å². The summed E-state index contributed by atoms with van der Waals surface area (Å²) in [4.78, 5) is 0. The van der Waals surface area contributed by atoms with Gasteiger partial charge in [-0.25, -0.2) is 0 Å². The van der Waals surface area contributed by atoms with E-state index < -0.39 is 0 Å². The summed E-state index contributed by atoms with van der Waals surface area (Å²) in [6.45, 7) is 6.19. The second-order valence-electron chi connectivity index (χ2n) is 5.18. The van der Waals surface area contributed by atoms with E-state index in [1.807, 2.05) is 6.20 Å². The summed E-state index contributed by atoms with van der Waals surface area (Å²) in [7, 11) is 0. The highest BCUT2D eigenvalue weighted by Gasteiger charge is 2.38. The Bertz CT molecular complexity index is 318. The molecule has 0 aliphatic heterocycles. The van der Waals surface area contributed by atoms with Gasteiger partial charge in [-0.1, -0.05) is 20.3 Å². The number of rotatable bonds is 4. The van der Waals surface area contributed by atoms with Crippen LogP contribution in [0.15, 0.2) is 12.4 Å². The van der Waals surface area contributed by atoms with Crippen LogP contribution in [-0.2, 0) is 12.0 Å². The van der Waals surface area contributed by atoms with Crippen molar-refractivity contribution in [1.29, 1.82) is 0 Å². The molecule has 15 heavy (non-hydrogen) atoms. The number of hydrogen-bond donors (Lipinski definition) is 1. The molecule has 1 aliphatic carbocycles. The van der Waals surface area contributed by atoms with Crippen LogP contribution < -0.4 is 5.73 Å². The van der Waals surface area contributed by atoms with E-state index in [9.17, 15) is 0 Å². The molecule has 3 heteroatoms. The Morgan fingerprint density at radius 2 is 2.27 bits per heavy atom. The smallest absolute Gasteiger partial charge is 0.0527 e. The zero-order valence-electron chi connectivity index (χ0n) is 9.74. The van der Waals surface area contributed by atoms with Gasteiger partial charge in [-0.3, -0.25) is 4.68 Å². The summed E-state index contributed by atoms with van der Waals surface area (Å²) in [6.07, 6.45) is 7.97. The number of hydrogen-bond acceptors (Lipinski definition) is 2. The molecule has 1 aromatic heterocycles. The molecule has 0 aromatic carbocycles. The minimum Gasteiger partial charge on any atom is -0.330 e. The second-order valence-corrected chi connectivity index (χ2v) is 5.18. The van der Waals surface area contributed by atoms with E-state index in [1.54, 1.807) is 0 Å². The van der Waals surface area contributed by atoms with Crippen LogP contribution >= 0.6 is 0 Å². The third-order valence-electron chi connectivity index (χ3n) is 3.50. The summed E-state index contributed by atoms with van der Waals surface area (Å²) in [5.41, 5.74) is 7.48. The molecule has 1 fully saturated rings. The normalized spacial score (nSPS) is 19.2. The maximum absolute atomic E-state index is 5.87. The molecule has 1 saturated carbocycles. The van der Waals surface area contributed by atoms with Gasteiger partial charge in [0, 0.05) is 24.7 Å². The van der Waals surface area contributed by atoms with Crippen molar-refractivity contribution in [3.63, 3.8) is 0 Å². The topological polar surface area (TPSA) is 43.8 Å². The highest BCUT2D eigenvalue weighted by atomic mass is 15.3. The second kappa shape index (κ2) is 3.97. The maximum Gasteiger partial charge on any atom is 0.0527 e. The lowest BCUT2D eigenvalue weighted by atomic mass is 9.65. The van der Waals surface area contributed by atoms with E-state index in [0.29, 0.717) is 5.92 Å². The predicted octanol–water partition coefficient (Wildman–Crippen LogP) is 1.92. The van der Waals surface area contributed by atoms with Crippen LogP contribution in [0.3, 0.4) is 0 Å². The highest BCUT2D eigenvalue weighted by molar-refractivity contribution is 5.23. The fourth-order valence-electron chi connectivity index (χ4n) is 2.33. The van der Waals surface area contributed by atoms with Gasteiger partial charge < -0.3 is 5.73 Å². The molecule has 84 valence electrons. The molecule has 1 aromatic rings. The van der Waals surface area contributed by atoms with Crippen molar-refractivity contribution in [1.82, 2.24) is 9.78 Å². The van der Waals surface area contributed by atoms with E-state index in [1.165, 1.54) is 24.8 Å². The fraction of sp³-hybridized carbons (Fsp3) is 0.750. The molecule has 1 aliphatic rings. The average molecular weight is 207 g/mol. The fourth-order valence-corrected chi connectivity index (χ4v) is 2.33. The quantitative estimate of drug-likeness (QED) is 0.819. The molecule has 0 radical (unpaired) electrons.